The molecule has 0 unspecified atom stereocenters. The molecule has 0 bridgehead atoms. The van der Waals surface area contributed by atoms with Crippen LogP contribution in [0.5, 0.6) is 5.75 Å². The predicted octanol–water partition coefficient (Wildman–Crippen LogP) is 2.13. The minimum atomic E-state index is -3.12. The van der Waals surface area contributed by atoms with Crippen LogP contribution in [-0.4, -0.2) is 50.4 Å². The molecule has 5 nitrogen and oxygen atoms in total. The van der Waals surface area contributed by atoms with Gasteiger partial charge >= 0.3 is 0 Å². The molecule has 0 aromatic heterocycles. The zero-order valence-electron chi connectivity index (χ0n) is 13.7. The van der Waals surface area contributed by atoms with Crippen LogP contribution >= 0.6 is 0 Å². The van der Waals surface area contributed by atoms with Gasteiger partial charge in [-0.15, -0.1) is 0 Å². The largest absolute Gasteiger partial charge is 0.497 e. The number of methoxy groups -OCH3 is 1. The average Bonchev–Trinajstić information content (AvgIpc) is 3.28. The molecule has 1 atom stereocenters. The summed E-state index contributed by atoms with van der Waals surface area (Å²) in [5.74, 6) is 0.568. The van der Waals surface area contributed by atoms with Gasteiger partial charge in [0.05, 0.1) is 12.9 Å². The summed E-state index contributed by atoms with van der Waals surface area (Å²) in [7, 11) is -1.53. The summed E-state index contributed by atoms with van der Waals surface area (Å²) in [6, 6.07) is 7.26. The number of carbonyl (C=O) groups excluding carboxylic acids is 1. The zero-order valence-corrected chi connectivity index (χ0v) is 14.5. The van der Waals surface area contributed by atoms with E-state index in [1.807, 2.05) is 24.3 Å². The number of sulfone groups is 1. The van der Waals surface area contributed by atoms with E-state index in [0.29, 0.717) is 0 Å². The van der Waals surface area contributed by atoms with Crippen LogP contribution < -0.4 is 4.74 Å². The molecule has 0 spiro atoms. The van der Waals surface area contributed by atoms with Crippen molar-refractivity contribution in [1.82, 2.24) is 4.90 Å². The third-order valence-corrected chi connectivity index (χ3v) is 4.81. The van der Waals surface area contributed by atoms with Crippen molar-refractivity contribution in [1.29, 1.82) is 0 Å². The maximum atomic E-state index is 12.5. The summed E-state index contributed by atoms with van der Waals surface area (Å²) in [4.78, 5) is 14.2. The van der Waals surface area contributed by atoms with Crippen LogP contribution in [0.25, 0.3) is 6.08 Å². The van der Waals surface area contributed by atoms with E-state index in [4.69, 9.17) is 4.74 Å². The first-order valence-electron chi connectivity index (χ1n) is 7.62. The van der Waals surface area contributed by atoms with Gasteiger partial charge in [0, 0.05) is 24.4 Å². The van der Waals surface area contributed by atoms with Crippen molar-refractivity contribution < 1.29 is 17.9 Å². The lowest BCUT2D eigenvalue weighted by Crippen LogP contribution is -2.43. The molecule has 0 heterocycles. The van der Waals surface area contributed by atoms with Crippen molar-refractivity contribution in [2.24, 2.45) is 0 Å². The highest BCUT2D eigenvalue weighted by molar-refractivity contribution is 7.90. The van der Waals surface area contributed by atoms with Crippen LogP contribution in [0.15, 0.2) is 30.3 Å². The molecule has 1 fully saturated rings. The molecular formula is C17H23NO4S. The van der Waals surface area contributed by atoms with Crippen molar-refractivity contribution in [2.75, 3.05) is 19.1 Å². The maximum Gasteiger partial charge on any atom is 0.247 e. The van der Waals surface area contributed by atoms with Gasteiger partial charge in [0.2, 0.25) is 5.91 Å². The second-order valence-electron chi connectivity index (χ2n) is 6.03. The summed E-state index contributed by atoms with van der Waals surface area (Å²) in [6.45, 7) is 1.79. The van der Waals surface area contributed by atoms with Crippen molar-refractivity contribution >= 4 is 21.8 Å². The Labute approximate surface area is 137 Å². The molecule has 6 heteroatoms. The van der Waals surface area contributed by atoms with Crippen molar-refractivity contribution in [3.63, 3.8) is 0 Å². The van der Waals surface area contributed by atoms with E-state index >= 15 is 0 Å². The number of hydrogen-bond donors (Lipinski definition) is 0. The molecule has 0 aliphatic heterocycles. The molecule has 1 amide bonds. The molecule has 1 aromatic rings. The number of carbonyl (C=O) groups is 1. The van der Waals surface area contributed by atoms with Gasteiger partial charge in [0.1, 0.15) is 15.6 Å². The summed E-state index contributed by atoms with van der Waals surface area (Å²) in [5.41, 5.74) is 0.865. The molecule has 1 aliphatic carbocycles. The molecular weight excluding hydrogens is 314 g/mol. The smallest absolute Gasteiger partial charge is 0.247 e. The fourth-order valence-electron chi connectivity index (χ4n) is 2.63. The van der Waals surface area contributed by atoms with Gasteiger partial charge in [-0.2, -0.15) is 0 Å². The van der Waals surface area contributed by atoms with E-state index in [1.165, 1.54) is 12.3 Å². The van der Waals surface area contributed by atoms with Crippen LogP contribution in [0.1, 0.15) is 25.3 Å². The minimum Gasteiger partial charge on any atom is -0.497 e. The molecule has 1 aliphatic rings. The Bertz CT molecular complexity index is 692. The van der Waals surface area contributed by atoms with Crippen LogP contribution in [0.2, 0.25) is 0 Å². The Morgan fingerprint density at radius 2 is 2.13 bits per heavy atom. The Morgan fingerprint density at radius 3 is 2.70 bits per heavy atom. The third kappa shape index (κ3) is 5.39. The Balaban J connectivity index is 2.10. The van der Waals surface area contributed by atoms with Crippen LogP contribution in [-0.2, 0) is 14.6 Å². The fourth-order valence-corrected chi connectivity index (χ4v) is 3.66. The van der Waals surface area contributed by atoms with E-state index < -0.39 is 9.84 Å². The summed E-state index contributed by atoms with van der Waals surface area (Å²) in [5, 5.41) is 0. The maximum absolute atomic E-state index is 12.5. The van der Waals surface area contributed by atoms with E-state index in [2.05, 4.69) is 0 Å². The van der Waals surface area contributed by atoms with E-state index in [9.17, 15) is 13.2 Å². The first-order valence-corrected chi connectivity index (χ1v) is 9.68. The first kappa shape index (κ1) is 17.5. The molecule has 1 aromatic carbocycles. The van der Waals surface area contributed by atoms with E-state index in [1.54, 1.807) is 25.0 Å². The lowest BCUT2D eigenvalue weighted by Gasteiger charge is -2.27. The molecule has 126 valence electrons. The summed E-state index contributed by atoms with van der Waals surface area (Å²) >= 11 is 0. The van der Waals surface area contributed by atoms with Crippen molar-refractivity contribution in [3.05, 3.63) is 35.9 Å². The number of ether oxygens (including phenoxy) is 1. The quantitative estimate of drug-likeness (QED) is 0.715. The van der Waals surface area contributed by atoms with Crippen molar-refractivity contribution in [2.45, 2.75) is 31.8 Å². The zero-order chi connectivity index (χ0) is 17.0. The van der Waals surface area contributed by atoms with Gasteiger partial charge in [-0.25, -0.2) is 8.42 Å². The van der Waals surface area contributed by atoms with Gasteiger partial charge in [0.25, 0.3) is 0 Å². The lowest BCUT2D eigenvalue weighted by molar-refractivity contribution is -0.128. The third-order valence-electron chi connectivity index (χ3n) is 3.73. The lowest BCUT2D eigenvalue weighted by atomic mass is 10.2. The van der Waals surface area contributed by atoms with Gasteiger partial charge < -0.3 is 9.64 Å². The Morgan fingerprint density at radius 1 is 1.43 bits per heavy atom. The highest BCUT2D eigenvalue weighted by atomic mass is 32.2. The van der Waals surface area contributed by atoms with Crippen LogP contribution in [0, 0.1) is 0 Å². The highest BCUT2D eigenvalue weighted by Gasteiger charge is 2.35. The second-order valence-corrected chi connectivity index (χ2v) is 8.21. The minimum absolute atomic E-state index is 0.0117. The molecule has 0 radical (unpaired) electrons. The van der Waals surface area contributed by atoms with Gasteiger partial charge in [-0.05, 0) is 43.5 Å². The number of hydrogen-bond acceptors (Lipinski definition) is 4. The van der Waals surface area contributed by atoms with Gasteiger partial charge in [0.15, 0.2) is 0 Å². The van der Waals surface area contributed by atoms with Gasteiger partial charge in [-0.3, -0.25) is 4.79 Å². The van der Waals surface area contributed by atoms with Crippen molar-refractivity contribution in [3.8, 4) is 5.75 Å². The second kappa shape index (κ2) is 7.17. The predicted molar refractivity (Wildman–Crippen MR) is 91.1 cm³/mol. The molecule has 1 saturated carbocycles. The van der Waals surface area contributed by atoms with E-state index in [0.717, 1.165) is 24.2 Å². The monoisotopic (exact) mass is 337 g/mol. The molecule has 0 N–H and O–H groups in total. The number of rotatable bonds is 7. The number of amides is 1. The van der Waals surface area contributed by atoms with Crippen LogP contribution in [0.4, 0.5) is 0 Å². The summed E-state index contributed by atoms with van der Waals surface area (Å²) in [6.07, 6.45) is 6.31. The van der Waals surface area contributed by atoms with Crippen LogP contribution in [0.3, 0.4) is 0 Å². The standard InChI is InChI=1S/C17H23NO4S/c1-13(12-23(3,20)21)18(15-8-9-15)17(19)10-7-14-5-4-6-16(11-14)22-2/h4-7,10-11,13,15H,8-9,12H2,1-3H3/b10-7-/t13-/m1/s1. The number of benzene rings is 1. The Kier molecular flexibility index (Phi) is 5.46. The molecule has 23 heavy (non-hydrogen) atoms. The SMILES string of the molecule is COc1cccc(/C=C\C(=O)N(C2CC2)[C@H](C)CS(C)(=O)=O)c1. The fraction of sp³-hybridized carbons (Fsp3) is 0.471. The topological polar surface area (TPSA) is 63.7 Å². The number of nitrogens with zero attached hydrogens (tertiary/aromatic N) is 1. The Hall–Kier alpha value is -1.82. The molecule has 2 rings (SSSR count). The average molecular weight is 337 g/mol. The normalized spacial score (nSPS) is 16.3. The first-order chi connectivity index (χ1) is 10.8. The van der Waals surface area contributed by atoms with E-state index in [-0.39, 0.29) is 23.7 Å². The summed E-state index contributed by atoms with van der Waals surface area (Å²) < 4.78 is 28.1. The highest BCUT2D eigenvalue weighted by Crippen LogP contribution is 2.29. The van der Waals surface area contributed by atoms with Gasteiger partial charge in [-0.1, -0.05) is 12.1 Å². The molecule has 0 saturated heterocycles.